The number of carbonyl (C=O) groups excluding carboxylic acids is 1. The Morgan fingerprint density at radius 3 is 2.50 bits per heavy atom. The van der Waals surface area contributed by atoms with E-state index < -0.39 is 0 Å². The highest BCUT2D eigenvalue weighted by molar-refractivity contribution is 5.70. The number of hydrogen-bond acceptors (Lipinski definition) is 4. The van der Waals surface area contributed by atoms with Gasteiger partial charge in [-0.25, -0.2) is 0 Å². The molecule has 1 N–H and O–H groups in total. The zero-order chi connectivity index (χ0) is 13.6. The van der Waals surface area contributed by atoms with Gasteiger partial charge in [0.05, 0.1) is 6.42 Å². The van der Waals surface area contributed by atoms with Crippen molar-refractivity contribution in [3.63, 3.8) is 0 Å². The van der Waals surface area contributed by atoms with Gasteiger partial charge in [0.25, 0.3) is 0 Å². The van der Waals surface area contributed by atoms with E-state index in [1.54, 1.807) is 0 Å². The number of rotatable bonds is 5. The van der Waals surface area contributed by atoms with Gasteiger partial charge in [-0.1, -0.05) is 6.92 Å². The van der Waals surface area contributed by atoms with Crippen molar-refractivity contribution in [2.75, 3.05) is 26.3 Å². The third kappa shape index (κ3) is 6.36. The van der Waals surface area contributed by atoms with Crippen molar-refractivity contribution >= 4 is 5.97 Å². The number of carbonyl (C=O) groups is 1. The Labute approximate surface area is 110 Å². The fourth-order valence-electron chi connectivity index (χ4n) is 2.01. The van der Waals surface area contributed by atoms with Crippen LogP contribution in [0.2, 0.25) is 0 Å². The lowest BCUT2D eigenvalue weighted by atomic mass is 9.82. The summed E-state index contributed by atoms with van der Waals surface area (Å²) in [6.45, 7) is 11.3. The minimum absolute atomic E-state index is 0.132. The Morgan fingerprint density at radius 1 is 1.33 bits per heavy atom. The zero-order valence-electron chi connectivity index (χ0n) is 12.2. The van der Waals surface area contributed by atoms with Crippen LogP contribution in [-0.4, -0.2) is 37.9 Å². The van der Waals surface area contributed by atoms with Crippen LogP contribution in [-0.2, 0) is 14.3 Å². The van der Waals surface area contributed by atoms with E-state index in [2.05, 4.69) is 12.2 Å². The normalized spacial score (nSPS) is 19.6. The van der Waals surface area contributed by atoms with E-state index in [9.17, 15) is 4.79 Å². The maximum atomic E-state index is 11.5. The number of nitrogens with one attached hydrogen (secondary N) is 1. The van der Waals surface area contributed by atoms with Crippen LogP contribution in [0.1, 0.15) is 47.0 Å². The van der Waals surface area contributed by atoms with E-state index in [1.807, 2.05) is 20.8 Å². The van der Waals surface area contributed by atoms with Crippen LogP contribution in [0.3, 0.4) is 0 Å². The maximum absolute atomic E-state index is 11.5. The molecule has 106 valence electrons. The van der Waals surface area contributed by atoms with Gasteiger partial charge in [0, 0.05) is 26.3 Å². The standard InChI is InChI=1S/C14H27NO3/c1-13(2,3)18-12(16)5-8-15-11-14(4)6-9-17-10-7-14/h15H,5-11H2,1-4H3. The maximum Gasteiger partial charge on any atom is 0.307 e. The van der Waals surface area contributed by atoms with E-state index in [1.165, 1.54) is 0 Å². The van der Waals surface area contributed by atoms with Gasteiger partial charge in [-0.2, -0.15) is 0 Å². The third-order valence-electron chi connectivity index (χ3n) is 3.18. The third-order valence-corrected chi connectivity index (χ3v) is 3.18. The Morgan fingerprint density at radius 2 is 1.94 bits per heavy atom. The molecular weight excluding hydrogens is 230 g/mol. The molecular formula is C14H27NO3. The molecule has 1 heterocycles. The Balaban J connectivity index is 2.12. The molecule has 0 saturated carbocycles. The summed E-state index contributed by atoms with van der Waals surface area (Å²) in [7, 11) is 0. The summed E-state index contributed by atoms with van der Waals surface area (Å²) in [5.41, 5.74) is -0.0735. The Bertz CT molecular complexity index is 265. The summed E-state index contributed by atoms with van der Waals surface area (Å²) in [4.78, 5) is 11.5. The molecule has 1 aliphatic heterocycles. The summed E-state index contributed by atoms with van der Waals surface area (Å²) in [6.07, 6.45) is 2.61. The molecule has 0 bridgehead atoms. The number of esters is 1. The van der Waals surface area contributed by atoms with Crippen LogP contribution in [0, 0.1) is 5.41 Å². The van der Waals surface area contributed by atoms with Gasteiger partial charge in [-0.05, 0) is 39.0 Å². The van der Waals surface area contributed by atoms with Crippen LogP contribution in [0.15, 0.2) is 0 Å². The molecule has 1 fully saturated rings. The quantitative estimate of drug-likeness (QED) is 0.605. The monoisotopic (exact) mass is 257 g/mol. The van der Waals surface area contributed by atoms with Gasteiger partial charge in [0.1, 0.15) is 5.60 Å². The van der Waals surface area contributed by atoms with Gasteiger partial charge in [0.15, 0.2) is 0 Å². The Kier molecular flexibility index (Phi) is 5.60. The van der Waals surface area contributed by atoms with Gasteiger partial charge in [-0.3, -0.25) is 4.79 Å². The van der Waals surface area contributed by atoms with Crippen LogP contribution in [0.5, 0.6) is 0 Å². The first-order chi connectivity index (χ1) is 8.31. The highest BCUT2D eigenvalue weighted by atomic mass is 16.6. The smallest absolute Gasteiger partial charge is 0.307 e. The van der Waals surface area contributed by atoms with E-state index >= 15 is 0 Å². The molecule has 0 aromatic carbocycles. The molecule has 1 rings (SSSR count). The van der Waals surface area contributed by atoms with Crippen LogP contribution in [0.25, 0.3) is 0 Å². The fourth-order valence-corrected chi connectivity index (χ4v) is 2.01. The molecule has 18 heavy (non-hydrogen) atoms. The summed E-state index contributed by atoms with van der Waals surface area (Å²) < 4.78 is 10.6. The summed E-state index contributed by atoms with van der Waals surface area (Å²) >= 11 is 0. The molecule has 0 aromatic heterocycles. The van der Waals surface area contributed by atoms with Crippen molar-refractivity contribution in [1.82, 2.24) is 5.32 Å². The molecule has 0 radical (unpaired) electrons. The average molecular weight is 257 g/mol. The predicted molar refractivity (Wildman–Crippen MR) is 71.5 cm³/mol. The van der Waals surface area contributed by atoms with Gasteiger partial charge in [-0.15, -0.1) is 0 Å². The van der Waals surface area contributed by atoms with Crippen LogP contribution >= 0.6 is 0 Å². The average Bonchev–Trinajstić information content (AvgIpc) is 2.23. The van der Waals surface area contributed by atoms with E-state index in [4.69, 9.17) is 9.47 Å². The topological polar surface area (TPSA) is 47.6 Å². The molecule has 4 heteroatoms. The first-order valence-electron chi connectivity index (χ1n) is 6.81. The summed E-state index contributed by atoms with van der Waals surface area (Å²) in [6, 6.07) is 0. The summed E-state index contributed by atoms with van der Waals surface area (Å²) in [5.74, 6) is -0.132. The molecule has 0 amide bonds. The van der Waals surface area contributed by atoms with E-state index in [-0.39, 0.29) is 11.6 Å². The second kappa shape index (κ2) is 6.53. The van der Waals surface area contributed by atoms with Crippen LogP contribution in [0.4, 0.5) is 0 Å². The lowest BCUT2D eigenvalue weighted by Gasteiger charge is -2.33. The molecule has 0 aliphatic carbocycles. The number of hydrogen-bond donors (Lipinski definition) is 1. The second-order valence-corrected chi connectivity index (χ2v) is 6.44. The predicted octanol–water partition coefficient (Wildman–Crippen LogP) is 2.12. The first kappa shape index (κ1) is 15.4. The van der Waals surface area contributed by atoms with Gasteiger partial charge < -0.3 is 14.8 Å². The van der Waals surface area contributed by atoms with Crippen molar-refractivity contribution in [2.45, 2.75) is 52.6 Å². The van der Waals surface area contributed by atoms with Crippen molar-refractivity contribution < 1.29 is 14.3 Å². The van der Waals surface area contributed by atoms with Crippen molar-refractivity contribution in [3.8, 4) is 0 Å². The highest BCUT2D eigenvalue weighted by Gasteiger charge is 2.26. The summed E-state index contributed by atoms with van der Waals surface area (Å²) in [5, 5.41) is 3.36. The van der Waals surface area contributed by atoms with E-state index in [0.29, 0.717) is 18.4 Å². The van der Waals surface area contributed by atoms with Crippen LogP contribution < -0.4 is 5.32 Å². The molecule has 0 spiro atoms. The highest BCUT2D eigenvalue weighted by Crippen LogP contribution is 2.28. The fraction of sp³-hybridized carbons (Fsp3) is 0.929. The zero-order valence-corrected chi connectivity index (χ0v) is 12.2. The molecule has 0 unspecified atom stereocenters. The lowest BCUT2D eigenvalue weighted by molar-refractivity contribution is -0.154. The lowest BCUT2D eigenvalue weighted by Crippen LogP contribution is -2.37. The molecule has 4 nitrogen and oxygen atoms in total. The molecule has 0 atom stereocenters. The minimum atomic E-state index is -0.385. The van der Waals surface area contributed by atoms with Gasteiger partial charge >= 0.3 is 5.97 Å². The molecule has 1 saturated heterocycles. The SMILES string of the molecule is CC1(CNCCC(=O)OC(C)(C)C)CCOCC1. The minimum Gasteiger partial charge on any atom is -0.460 e. The Hall–Kier alpha value is -0.610. The molecule has 0 aromatic rings. The van der Waals surface area contributed by atoms with Crippen molar-refractivity contribution in [2.24, 2.45) is 5.41 Å². The second-order valence-electron chi connectivity index (χ2n) is 6.44. The first-order valence-corrected chi connectivity index (χ1v) is 6.81. The number of ether oxygens (including phenoxy) is 2. The largest absolute Gasteiger partial charge is 0.460 e. The molecule has 1 aliphatic rings. The van der Waals surface area contributed by atoms with Crippen molar-refractivity contribution in [1.29, 1.82) is 0 Å². The van der Waals surface area contributed by atoms with Crippen molar-refractivity contribution in [3.05, 3.63) is 0 Å². The van der Waals surface area contributed by atoms with Gasteiger partial charge in [0.2, 0.25) is 0 Å². The van der Waals surface area contributed by atoms with E-state index in [0.717, 1.165) is 32.6 Å².